The molecule has 3 aromatic rings. The van der Waals surface area contributed by atoms with Gasteiger partial charge in [0, 0.05) is 5.02 Å². The highest BCUT2D eigenvalue weighted by Gasteiger charge is 2.06. The summed E-state index contributed by atoms with van der Waals surface area (Å²) in [4.78, 5) is 0. The largest absolute Gasteiger partial charge is 0.508 e. The summed E-state index contributed by atoms with van der Waals surface area (Å²) in [5, 5.41) is 21.0. The fourth-order valence-corrected chi connectivity index (χ4v) is 2.22. The minimum Gasteiger partial charge on any atom is -0.508 e. The molecule has 0 saturated heterocycles. The number of hydrogen-bond donors (Lipinski definition) is 2. The number of phenols is 1. The lowest BCUT2D eigenvalue weighted by molar-refractivity contribution is 0.290. The van der Waals surface area contributed by atoms with Crippen LogP contribution in [0.25, 0.3) is 0 Å². The number of ether oxygens (including phenoxy) is 1. The molecule has 1 aromatic heterocycles. The lowest BCUT2D eigenvalue weighted by Crippen LogP contribution is -2.04. The van der Waals surface area contributed by atoms with E-state index < -0.39 is 0 Å². The average molecular weight is 361 g/mol. The Morgan fingerprint density at radius 1 is 1.21 bits per heavy atom. The molecule has 0 saturated carbocycles. The lowest BCUT2D eigenvalue weighted by Gasteiger charge is -2.05. The highest BCUT2D eigenvalue weighted by Crippen LogP contribution is 2.16. The summed E-state index contributed by atoms with van der Waals surface area (Å²) < 4.78 is 7.50. The molecule has 6 nitrogen and oxygen atoms in total. The smallest absolute Gasteiger partial charge is 0.216 e. The van der Waals surface area contributed by atoms with Gasteiger partial charge in [0.25, 0.3) is 0 Å². The van der Waals surface area contributed by atoms with Crippen LogP contribution in [0.15, 0.2) is 53.6 Å². The molecule has 24 heavy (non-hydrogen) atoms. The van der Waals surface area contributed by atoms with Crippen LogP contribution in [0, 0.1) is 4.77 Å². The number of phenolic OH excluding ortho intramolecular Hbond substituents is 1. The van der Waals surface area contributed by atoms with E-state index in [1.807, 2.05) is 0 Å². The van der Waals surface area contributed by atoms with Crippen molar-refractivity contribution in [2.24, 2.45) is 5.10 Å². The molecular weight excluding hydrogens is 348 g/mol. The van der Waals surface area contributed by atoms with Crippen LogP contribution in [-0.2, 0) is 6.61 Å². The maximum atomic E-state index is 9.29. The quantitative estimate of drug-likeness (QED) is 0.536. The van der Waals surface area contributed by atoms with Gasteiger partial charge in [-0.2, -0.15) is 14.9 Å². The SMILES string of the molecule is Oc1ccc(/C=N/n2c(COc3ccc(Cl)cc3)n[nH]c2=S)cc1. The maximum Gasteiger partial charge on any atom is 0.216 e. The van der Waals surface area contributed by atoms with Gasteiger partial charge in [-0.3, -0.25) is 0 Å². The zero-order chi connectivity index (χ0) is 16.9. The first-order valence-electron chi connectivity index (χ1n) is 7.00. The Kier molecular flexibility index (Phi) is 4.93. The van der Waals surface area contributed by atoms with Crippen LogP contribution in [0.1, 0.15) is 11.4 Å². The number of aromatic hydroxyl groups is 1. The molecule has 0 fully saturated rings. The number of benzene rings is 2. The second kappa shape index (κ2) is 7.29. The third-order valence-corrected chi connectivity index (χ3v) is 3.63. The highest BCUT2D eigenvalue weighted by atomic mass is 35.5. The zero-order valence-corrected chi connectivity index (χ0v) is 14.0. The first-order valence-corrected chi connectivity index (χ1v) is 7.78. The molecule has 1 heterocycles. The zero-order valence-electron chi connectivity index (χ0n) is 12.4. The van der Waals surface area contributed by atoms with Crippen molar-refractivity contribution in [2.75, 3.05) is 0 Å². The van der Waals surface area contributed by atoms with E-state index >= 15 is 0 Å². The Morgan fingerprint density at radius 2 is 1.92 bits per heavy atom. The molecule has 0 radical (unpaired) electrons. The van der Waals surface area contributed by atoms with Crippen molar-refractivity contribution in [1.82, 2.24) is 14.9 Å². The topological polar surface area (TPSA) is 75.4 Å². The van der Waals surface area contributed by atoms with Gasteiger partial charge < -0.3 is 9.84 Å². The van der Waals surface area contributed by atoms with Crippen LogP contribution in [0.3, 0.4) is 0 Å². The first kappa shape index (κ1) is 16.2. The Balaban J connectivity index is 1.74. The normalized spacial score (nSPS) is 11.0. The fourth-order valence-electron chi connectivity index (χ4n) is 1.90. The second-order valence-corrected chi connectivity index (χ2v) is 5.66. The standard InChI is InChI=1S/C16H13ClN4O2S/c17-12-3-7-14(8-4-12)23-10-15-19-20-16(24)21(15)18-9-11-1-5-13(22)6-2-11/h1-9,22H,10H2,(H,20,24)/b18-9+. The third-order valence-electron chi connectivity index (χ3n) is 3.11. The Morgan fingerprint density at radius 3 is 2.62 bits per heavy atom. The van der Waals surface area contributed by atoms with Gasteiger partial charge in [0.15, 0.2) is 5.82 Å². The fraction of sp³-hybridized carbons (Fsp3) is 0.0625. The third kappa shape index (κ3) is 4.01. The van der Waals surface area contributed by atoms with Crippen LogP contribution in [0.4, 0.5) is 0 Å². The van der Waals surface area contributed by atoms with Crippen LogP contribution in [-0.4, -0.2) is 26.2 Å². The molecule has 3 rings (SSSR count). The van der Waals surface area contributed by atoms with Crippen LogP contribution >= 0.6 is 23.8 Å². The first-order chi connectivity index (χ1) is 11.6. The van der Waals surface area contributed by atoms with E-state index in [1.165, 1.54) is 4.68 Å². The van der Waals surface area contributed by atoms with Crippen LogP contribution in [0.2, 0.25) is 5.02 Å². The molecule has 0 aliphatic rings. The molecule has 122 valence electrons. The van der Waals surface area contributed by atoms with Crippen molar-refractivity contribution in [3.05, 3.63) is 69.7 Å². The monoisotopic (exact) mass is 360 g/mol. The minimum absolute atomic E-state index is 0.196. The molecule has 2 aromatic carbocycles. The summed E-state index contributed by atoms with van der Waals surface area (Å²) >= 11 is 11.0. The summed E-state index contributed by atoms with van der Waals surface area (Å²) in [6.07, 6.45) is 1.62. The van der Waals surface area contributed by atoms with Gasteiger partial charge in [-0.15, -0.1) is 0 Å². The molecule has 0 atom stereocenters. The van der Waals surface area contributed by atoms with E-state index in [1.54, 1.807) is 54.7 Å². The number of nitrogens with zero attached hydrogens (tertiary/aromatic N) is 3. The predicted molar refractivity (Wildman–Crippen MR) is 94.3 cm³/mol. The Labute approximate surface area is 148 Å². The molecule has 0 amide bonds. The van der Waals surface area contributed by atoms with E-state index in [0.29, 0.717) is 21.4 Å². The number of nitrogens with one attached hydrogen (secondary N) is 1. The number of H-pyrrole nitrogens is 1. The van der Waals surface area contributed by atoms with Crippen molar-refractivity contribution in [2.45, 2.75) is 6.61 Å². The Hall–Kier alpha value is -2.64. The van der Waals surface area contributed by atoms with Crippen molar-refractivity contribution < 1.29 is 9.84 Å². The van der Waals surface area contributed by atoms with Gasteiger partial charge in [0.1, 0.15) is 18.1 Å². The summed E-state index contributed by atoms with van der Waals surface area (Å²) in [7, 11) is 0. The molecule has 0 aliphatic carbocycles. The van der Waals surface area contributed by atoms with Gasteiger partial charge in [0.2, 0.25) is 4.77 Å². The van der Waals surface area contributed by atoms with Crippen molar-refractivity contribution in [3.63, 3.8) is 0 Å². The van der Waals surface area contributed by atoms with Gasteiger partial charge in [-0.25, -0.2) is 5.10 Å². The summed E-state index contributed by atoms with van der Waals surface area (Å²) in [5.41, 5.74) is 0.820. The van der Waals surface area contributed by atoms with Crippen LogP contribution in [0.5, 0.6) is 11.5 Å². The maximum absolute atomic E-state index is 9.29. The second-order valence-electron chi connectivity index (χ2n) is 4.84. The van der Waals surface area contributed by atoms with Gasteiger partial charge in [-0.05, 0) is 66.3 Å². The van der Waals surface area contributed by atoms with Crippen molar-refractivity contribution >= 4 is 30.0 Å². The number of aromatic nitrogens is 3. The highest BCUT2D eigenvalue weighted by molar-refractivity contribution is 7.71. The summed E-state index contributed by atoms with van der Waals surface area (Å²) in [6, 6.07) is 13.7. The van der Waals surface area contributed by atoms with Gasteiger partial charge in [0.05, 0.1) is 6.21 Å². The molecule has 8 heteroatoms. The van der Waals surface area contributed by atoms with Crippen LogP contribution < -0.4 is 4.74 Å². The number of hydrogen-bond acceptors (Lipinski definition) is 5. The molecule has 0 unspecified atom stereocenters. The predicted octanol–water partition coefficient (Wildman–Crippen LogP) is 3.76. The number of rotatable bonds is 5. The van der Waals surface area contributed by atoms with Crippen molar-refractivity contribution in [3.8, 4) is 11.5 Å². The number of aromatic amines is 1. The summed E-state index contributed by atoms with van der Waals surface area (Å²) in [5.74, 6) is 1.40. The van der Waals surface area contributed by atoms with E-state index in [4.69, 9.17) is 28.6 Å². The molecule has 0 aliphatic heterocycles. The summed E-state index contributed by atoms with van der Waals surface area (Å²) in [6.45, 7) is 0.196. The van der Waals surface area contributed by atoms with E-state index in [-0.39, 0.29) is 12.4 Å². The number of halogens is 1. The van der Waals surface area contributed by atoms with E-state index in [2.05, 4.69) is 15.3 Å². The molecule has 0 spiro atoms. The van der Waals surface area contributed by atoms with Gasteiger partial charge in [-0.1, -0.05) is 11.6 Å². The average Bonchev–Trinajstić information content (AvgIpc) is 2.94. The molecule has 2 N–H and O–H groups in total. The molecular formula is C16H13ClN4O2S. The minimum atomic E-state index is 0.196. The van der Waals surface area contributed by atoms with Gasteiger partial charge >= 0.3 is 0 Å². The van der Waals surface area contributed by atoms with E-state index in [9.17, 15) is 5.11 Å². The lowest BCUT2D eigenvalue weighted by atomic mass is 10.2. The van der Waals surface area contributed by atoms with E-state index in [0.717, 1.165) is 5.56 Å². The Bertz CT molecular complexity index is 901. The molecule has 0 bridgehead atoms. The van der Waals surface area contributed by atoms with Crippen molar-refractivity contribution in [1.29, 1.82) is 0 Å².